The molecule has 1 atom stereocenters. The highest BCUT2D eigenvalue weighted by atomic mass is 35.5. The quantitative estimate of drug-likeness (QED) is 0.787. The third-order valence-corrected chi connectivity index (χ3v) is 3.43. The van der Waals surface area contributed by atoms with Crippen LogP contribution in [0, 0.1) is 13.8 Å². The lowest BCUT2D eigenvalue weighted by Crippen LogP contribution is -2.34. The lowest BCUT2D eigenvalue weighted by atomic mass is 10.2. The Morgan fingerprint density at radius 1 is 1.47 bits per heavy atom. The van der Waals surface area contributed by atoms with Crippen LogP contribution in [0.25, 0.3) is 0 Å². The summed E-state index contributed by atoms with van der Waals surface area (Å²) in [5.41, 5.74) is 1.86. The number of aryl methyl sites for hydroxylation is 2. The Labute approximate surface area is 108 Å². The molecule has 1 heterocycles. The zero-order chi connectivity index (χ0) is 12.8. The van der Waals surface area contributed by atoms with Gasteiger partial charge in [0.1, 0.15) is 0 Å². The summed E-state index contributed by atoms with van der Waals surface area (Å²) in [4.78, 5) is 0. The van der Waals surface area contributed by atoms with Crippen molar-refractivity contribution in [1.29, 1.82) is 0 Å². The molecule has 0 bridgehead atoms. The first kappa shape index (κ1) is 14.5. The van der Waals surface area contributed by atoms with E-state index in [1.54, 1.807) is 0 Å². The van der Waals surface area contributed by atoms with E-state index >= 15 is 0 Å². The average Bonchev–Trinajstić information content (AvgIpc) is 2.57. The summed E-state index contributed by atoms with van der Waals surface area (Å²) in [5, 5.41) is 17.7. The van der Waals surface area contributed by atoms with Gasteiger partial charge in [-0.3, -0.25) is 4.68 Å². The Morgan fingerprint density at radius 3 is 2.65 bits per heavy atom. The lowest BCUT2D eigenvalue weighted by molar-refractivity contribution is 0.230. The zero-order valence-corrected chi connectivity index (χ0v) is 11.6. The van der Waals surface area contributed by atoms with Crippen LogP contribution in [0.4, 0.5) is 0 Å². The average molecular weight is 260 g/mol. The van der Waals surface area contributed by atoms with Crippen LogP contribution in [0.2, 0.25) is 5.02 Å². The molecule has 1 aromatic rings. The van der Waals surface area contributed by atoms with E-state index in [1.165, 1.54) is 0 Å². The fraction of sp³-hybridized carbons (Fsp3) is 0.750. The van der Waals surface area contributed by atoms with Crippen molar-refractivity contribution in [2.24, 2.45) is 0 Å². The van der Waals surface area contributed by atoms with E-state index in [2.05, 4.69) is 17.3 Å². The predicted molar refractivity (Wildman–Crippen MR) is 70.5 cm³/mol. The molecular formula is C12H22ClN3O. The van der Waals surface area contributed by atoms with Crippen molar-refractivity contribution in [2.75, 3.05) is 13.2 Å². The molecule has 0 aliphatic carbocycles. The fourth-order valence-corrected chi connectivity index (χ4v) is 1.91. The van der Waals surface area contributed by atoms with Gasteiger partial charge in [0.05, 0.1) is 23.0 Å². The summed E-state index contributed by atoms with van der Waals surface area (Å²) in [6.07, 6.45) is 1.93. The molecule has 4 nitrogen and oxygen atoms in total. The molecule has 0 spiro atoms. The van der Waals surface area contributed by atoms with Gasteiger partial charge in [0, 0.05) is 12.6 Å². The van der Waals surface area contributed by atoms with Crippen molar-refractivity contribution in [3.05, 3.63) is 16.4 Å². The van der Waals surface area contributed by atoms with Crippen molar-refractivity contribution in [3.8, 4) is 0 Å². The molecule has 0 aliphatic heterocycles. The smallest absolute Gasteiger partial charge is 0.0844 e. The number of aromatic nitrogens is 2. The van der Waals surface area contributed by atoms with Gasteiger partial charge in [0.25, 0.3) is 0 Å². The molecule has 98 valence electrons. The first-order valence-corrected chi connectivity index (χ1v) is 6.51. The van der Waals surface area contributed by atoms with Crippen LogP contribution in [-0.2, 0) is 6.54 Å². The second-order valence-electron chi connectivity index (χ2n) is 4.33. The summed E-state index contributed by atoms with van der Waals surface area (Å²) in [6, 6.07) is 0.137. The first-order chi connectivity index (χ1) is 8.10. The van der Waals surface area contributed by atoms with Gasteiger partial charge in [-0.25, -0.2) is 0 Å². The van der Waals surface area contributed by atoms with Crippen LogP contribution in [0.15, 0.2) is 0 Å². The third kappa shape index (κ3) is 3.98. The van der Waals surface area contributed by atoms with Gasteiger partial charge in [0.2, 0.25) is 0 Å². The molecule has 1 aromatic heterocycles. The normalized spacial score (nSPS) is 13.0. The summed E-state index contributed by atoms with van der Waals surface area (Å²) >= 11 is 6.08. The number of nitrogens with zero attached hydrogens (tertiary/aromatic N) is 2. The van der Waals surface area contributed by atoms with Crippen LogP contribution in [0.5, 0.6) is 0 Å². The largest absolute Gasteiger partial charge is 0.395 e. The van der Waals surface area contributed by atoms with Gasteiger partial charge in [0.15, 0.2) is 0 Å². The van der Waals surface area contributed by atoms with Gasteiger partial charge in [-0.15, -0.1) is 0 Å². The van der Waals surface area contributed by atoms with E-state index in [0.29, 0.717) is 0 Å². The standard InChI is InChI=1S/C12H22ClN3O/c1-4-6-14-11(8-17)5-7-16-10(3)12(13)9(2)15-16/h11,14,17H,4-8H2,1-3H3. The highest BCUT2D eigenvalue weighted by Gasteiger charge is 2.11. The summed E-state index contributed by atoms with van der Waals surface area (Å²) in [5.74, 6) is 0. The van der Waals surface area contributed by atoms with E-state index in [1.807, 2.05) is 18.5 Å². The monoisotopic (exact) mass is 259 g/mol. The highest BCUT2D eigenvalue weighted by molar-refractivity contribution is 6.31. The predicted octanol–water partition coefficient (Wildman–Crippen LogP) is 1.90. The van der Waals surface area contributed by atoms with Gasteiger partial charge in [-0.1, -0.05) is 18.5 Å². The van der Waals surface area contributed by atoms with E-state index in [9.17, 15) is 5.11 Å². The molecule has 1 rings (SSSR count). The van der Waals surface area contributed by atoms with E-state index in [0.717, 1.165) is 42.3 Å². The molecule has 2 N–H and O–H groups in total. The Kier molecular flexibility index (Phi) is 5.95. The fourth-order valence-electron chi connectivity index (χ4n) is 1.78. The van der Waals surface area contributed by atoms with Crippen molar-refractivity contribution in [3.63, 3.8) is 0 Å². The second kappa shape index (κ2) is 6.99. The molecule has 0 saturated heterocycles. The summed E-state index contributed by atoms with van der Waals surface area (Å²) < 4.78 is 1.91. The van der Waals surface area contributed by atoms with Gasteiger partial charge in [-0.2, -0.15) is 5.10 Å². The first-order valence-electron chi connectivity index (χ1n) is 6.13. The minimum absolute atomic E-state index is 0.137. The van der Waals surface area contributed by atoms with Gasteiger partial charge >= 0.3 is 0 Å². The Hall–Kier alpha value is -0.580. The number of aliphatic hydroxyl groups is 1. The molecule has 5 heteroatoms. The minimum atomic E-state index is 0.137. The molecule has 0 aliphatic rings. The van der Waals surface area contributed by atoms with Crippen LogP contribution in [-0.4, -0.2) is 34.1 Å². The van der Waals surface area contributed by atoms with Crippen molar-refractivity contribution in [2.45, 2.75) is 46.2 Å². The van der Waals surface area contributed by atoms with Crippen molar-refractivity contribution >= 4 is 11.6 Å². The summed E-state index contributed by atoms with van der Waals surface area (Å²) in [6.45, 7) is 7.86. The SMILES string of the molecule is CCCNC(CO)CCn1nc(C)c(Cl)c1C. The van der Waals surface area contributed by atoms with Crippen molar-refractivity contribution < 1.29 is 5.11 Å². The number of hydrogen-bond acceptors (Lipinski definition) is 3. The number of halogens is 1. The van der Waals surface area contributed by atoms with E-state index < -0.39 is 0 Å². The minimum Gasteiger partial charge on any atom is -0.395 e. The Morgan fingerprint density at radius 2 is 2.18 bits per heavy atom. The molecular weight excluding hydrogens is 238 g/mol. The maximum atomic E-state index is 9.24. The molecule has 1 unspecified atom stereocenters. The molecule has 17 heavy (non-hydrogen) atoms. The molecule has 0 amide bonds. The maximum Gasteiger partial charge on any atom is 0.0844 e. The van der Waals surface area contributed by atoms with E-state index in [4.69, 9.17) is 11.6 Å². The second-order valence-corrected chi connectivity index (χ2v) is 4.71. The number of hydrogen-bond donors (Lipinski definition) is 2. The number of rotatable bonds is 7. The topological polar surface area (TPSA) is 50.1 Å². The molecule has 0 fully saturated rings. The zero-order valence-electron chi connectivity index (χ0n) is 10.8. The molecule has 0 radical (unpaired) electrons. The third-order valence-electron chi connectivity index (χ3n) is 2.89. The number of nitrogens with one attached hydrogen (secondary N) is 1. The van der Waals surface area contributed by atoms with Crippen molar-refractivity contribution in [1.82, 2.24) is 15.1 Å². The Balaban J connectivity index is 2.50. The number of aliphatic hydroxyl groups excluding tert-OH is 1. The maximum absolute atomic E-state index is 9.24. The summed E-state index contributed by atoms with van der Waals surface area (Å²) in [7, 11) is 0. The van der Waals surface area contributed by atoms with Crippen LogP contribution in [0.1, 0.15) is 31.2 Å². The molecule has 0 saturated carbocycles. The van der Waals surface area contributed by atoms with Crippen LogP contribution >= 0.6 is 11.6 Å². The highest BCUT2D eigenvalue weighted by Crippen LogP contribution is 2.19. The van der Waals surface area contributed by atoms with Crippen LogP contribution in [0.3, 0.4) is 0 Å². The van der Waals surface area contributed by atoms with Gasteiger partial charge < -0.3 is 10.4 Å². The van der Waals surface area contributed by atoms with Crippen LogP contribution < -0.4 is 5.32 Å². The lowest BCUT2D eigenvalue weighted by Gasteiger charge is -2.16. The van der Waals surface area contributed by atoms with Gasteiger partial charge in [-0.05, 0) is 33.2 Å². The molecule has 0 aromatic carbocycles. The van der Waals surface area contributed by atoms with E-state index in [-0.39, 0.29) is 12.6 Å². The Bertz CT molecular complexity index is 352.